The van der Waals surface area contributed by atoms with Crippen LogP contribution in [0.3, 0.4) is 0 Å². The molecule has 0 bridgehead atoms. The second-order valence-corrected chi connectivity index (χ2v) is 5.66. The summed E-state index contributed by atoms with van der Waals surface area (Å²) >= 11 is 0. The van der Waals surface area contributed by atoms with E-state index in [2.05, 4.69) is 5.48 Å². The number of benzene rings is 2. The molecule has 0 aromatic heterocycles. The minimum absolute atomic E-state index is 0.129. The number of aliphatic carboxylic acids is 1. The van der Waals surface area contributed by atoms with Crippen molar-refractivity contribution in [2.45, 2.75) is 32.4 Å². The highest BCUT2D eigenvalue weighted by atomic mass is 19.2. The Labute approximate surface area is 155 Å². The Morgan fingerprint density at radius 3 is 2.33 bits per heavy atom. The van der Waals surface area contributed by atoms with Gasteiger partial charge in [0.05, 0.1) is 13.0 Å². The summed E-state index contributed by atoms with van der Waals surface area (Å²) in [5.41, 5.74) is 8.12. The fourth-order valence-corrected chi connectivity index (χ4v) is 2.17. The van der Waals surface area contributed by atoms with E-state index in [-0.39, 0.29) is 25.0 Å². The lowest BCUT2D eigenvalue weighted by atomic mass is 10.0. The largest absolute Gasteiger partial charge is 0.481 e. The molecule has 0 unspecified atom stereocenters. The maximum atomic E-state index is 13.7. The van der Waals surface area contributed by atoms with Crippen molar-refractivity contribution >= 4 is 5.97 Å². The van der Waals surface area contributed by atoms with E-state index in [0.717, 1.165) is 18.2 Å². The summed E-state index contributed by atoms with van der Waals surface area (Å²) < 4.78 is 39.9. The quantitative estimate of drug-likeness (QED) is 0.481. The molecule has 2 aromatic rings. The van der Waals surface area contributed by atoms with E-state index >= 15 is 0 Å². The minimum atomic E-state index is -1.29. The van der Waals surface area contributed by atoms with Gasteiger partial charge in [-0.2, -0.15) is 5.48 Å². The third kappa shape index (κ3) is 8.67. The molecule has 0 saturated carbocycles. The van der Waals surface area contributed by atoms with Crippen LogP contribution in [0.25, 0.3) is 0 Å². The van der Waals surface area contributed by atoms with Crippen molar-refractivity contribution in [1.82, 2.24) is 5.48 Å². The number of nitrogens with one attached hydrogen (secondary N) is 1. The van der Waals surface area contributed by atoms with Crippen molar-refractivity contribution in [2.75, 3.05) is 6.54 Å². The third-order valence-corrected chi connectivity index (χ3v) is 3.31. The standard InChI is InChI=1S/C17H16F3NO3.C2H7N/c18-14-9-16(20)15(19)7-12(14)6-13(8-17(22)23)21-24-10-11-4-2-1-3-5-11;1-2-3/h1-5,7,9,13,21H,6,8,10H2,(H,22,23);2-3H2,1H3/t13-;/m1./s1. The van der Waals surface area contributed by atoms with Crippen LogP contribution in [-0.2, 0) is 22.7 Å². The molecule has 0 radical (unpaired) electrons. The third-order valence-electron chi connectivity index (χ3n) is 3.31. The van der Waals surface area contributed by atoms with Crippen LogP contribution in [0, 0.1) is 17.5 Å². The molecule has 8 heteroatoms. The first-order valence-corrected chi connectivity index (χ1v) is 8.33. The van der Waals surface area contributed by atoms with E-state index in [4.69, 9.17) is 15.7 Å². The first-order chi connectivity index (χ1) is 12.9. The van der Waals surface area contributed by atoms with Gasteiger partial charge in [-0.05, 0) is 30.2 Å². The molecule has 0 spiro atoms. The van der Waals surface area contributed by atoms with Crippen molar-refractivity contribution in [3.63, 3.8) is 0 Å². The van der Waals surface area contributed by atoms with Crippen molar-refractivity contribution in [3.8, 4) is 0 Å². The Balaban J connectivity index is 0.00000114. The summed E-state index contributed by atoms with van der Waals surface area (Å²) in [7, 11) is 0. The minimum Gasteiger partial charge on any atom is -0.481 e. The predicted molar refractivity (Wildman–Crippen MR) is 95.2 cm³/mol. The lowest BCUT2D eigenvalue weighted by Crippen LogP contribution is -2.33. The molecule has 148 valence electrons. The highest BCUT2D eigenvalue weighted by Crippen LogP contribution is 2.16. The van der Waals surface area contributed by atoms with Crippen LogP contribution in [0.1, 0.15) is 24.5 Å². The van der Waals surface area contributed by atoms with Gasteiger partial charge in [0.25, 0.3) is 0 Å². The molecule has 0 amide bonds. The van der Waals surface area contributed by atoms with Crippen LogP contribution in [0.5, 0.6) is 0 Å². The fraction of sp³-hybridized carbons (Fsp3) is 0.316. The van der Waals surface area contributed by atoms with Crippen LogP contribution in [0.2, 0.25) is 0 Å². The van der Waals surface area contributed by atoms with Crippen LogP contribution < -0.4 is 11.2 Å². The van der Waals surface area contributed by atoms with Gasteiger partial charge < -0.3 is 10.8 Å². The second kappa shape index (κ2) is 12.1. The summed E-state index contributed by atoms with van der Waals surface area (Å²) in [5.74, 6) is -4.54. The summed E-state index contributed by atoms with van der Waals surface area (Å²) in [6, 6.07) is 9.49. The Kier molecular flexibility index (Phi) is 10.1. The molecule has 0 saturated heterocycles. The van der Waals surface area contributed by atoms with Crippen LogP contribution in [0.15, 0.2) is 42.5 Å². The lowest BCUT2D eigenvalue weighted by molar-refractivity contribution is -0.138. The molecule has 0 aliphatic carbocycles. The van der Waals surface area contributed by atoms with E-state index in [0.29, 0.717) is 6.07 Å². The Hall–Kier alpha value is -2.42. The van der Waals surface area contributed by atoms with Gasteiger partial charge in [-0.25, -0.2) is 13.2 Å². The molecule has 0 heterocycles. The molecule has 0 fully saturated rings. The number of carboxylic acids is 1. The number of rotatable bonds is 8. The summed E-state index contributed by atoms with van der Waals surface area (Å²) in [6.07, 6.45) is -0.530. The average Bonchev–Trinajstić information content (AvgIpc) is 2.60. The number of carboxylic acid groups (broad SMARTS) is 1. The molecule has 1 atom stereocenters. The Morgan fingerprint density at radius 2 is 1.74 bits per heavy atom. The molecular formula is C19H23F3N2O3. The van der Waals surface area contributed by atoms with Gasteiger partial charge in [0.2, 0.25) is 0 Å². The second-order valence-electron chi connectivity index (χ2n) is 5.66. The first-order valence-electron chi connectivity index (χ1n) is 8.33. The van der Waals surface area contributed by atoms with E-state index < -0.39 is 29.5 Å². The Morgan fingerprint density at radius 1 is 1.15 bits per heavy atom. The van der Waals surface area contributed by atoms with Crippen LogP contribution in [-0.4, -0.2) is 23.7 Å². The van der Waals surface area contributed by atoms with Crippen molar-refractivity contribution in [2.24, 2.45) is 5.73 Å². The topological polar surface area (TPSA) is 84.6 Å². The number of hydrogen-bond acceptors (Lipinski definition) is 4. The van der Waals surface area contributed by atoms with E-state index in [1.807, 2.05) is 37.3 Å². The van der Waals surface area contributed by atoms with E-state index in [9.17, 15) is 18.0 Å². The normalized spacial score (nSPS) is 11.4. The van der Waals surface area contributed by atoms with Gasteiger partial charge in [-0.3, -0.25) is 9.63 Å². The monoisotopic (exact) mass is 384 g/mol. The Bertz CT molecular complexity index is 715. The highest BCUT2D eigenvalue weighted by Gasteiger charge is 2.18. The molecule has 5 nitrogen and oxygen atoms in total. The summed E-state index contributed by atoms with van der Waals surface area (Å²) in [5, 5.41) is 8.92. The lowest BCUT2D eigenvalue weighted by Gasteiger charge is -2.17. The zero-order valence-electron chi connectivity index (χ0n) is 14.9. The maximum Gasteiger partial charge on any atom is 0.305 e. The molecule has 0 aliphatic heterocycles. The van der Waals surface area contributed by atoms with Gasteiger partial charge >= 0.3 is 5.97 Å². The molecule has 27 heavy (non-hydrogen) atoms. The number of hydrogen-bond donors (Lipinski definition) is 3. The molecule has 2 aromatic carbocycles. The smallest absolute Gasteiger partial charge is 0.305 e. The van der Waals surface area contributed by atoms with Gasteiger partial charge in [-0.15, -0.1) is 0 Å². The molecule has 0 aliphatic rings. The zero-order valence-corrected chi connectivity index (χ0v) is 14.9. The number of nitrogens with two attached hydrogens (primary N) is 1. The zero-order chi connectivity index (χ0) is 20.2. The fourth-order valence-electron chi connectivity index (χ4n) is 2.17. The van der Waals surface area contributed by atoms with Gasteiger partial charge in [0.1, 0.15) is 5.82 Å². The number of carbonyl (C=O) groups is 1. The molecule has 4 N–H and O–H groups in total. The number of halogens is 3. The summed E-state index contributed by atoms with van der Waals surface area (Å²) in [4.78, 5) is 16.2. The molecule has 2 rings (SSSR count). The van der Waals surface area contributed by atoms with Gasteiger partial charge in [-0.1, -0.05) is 37.3 Å². The SMILES string of the molecule is CCN.O=C(O)C[C@@H](Cc1cc(F)c(F)cc1F)NOCc1ccccc1. The van der Waals surface area contributed by atoms with E-state index in [1.54, 1.807) is 0 Å². The highest BCUT2D eigenvalue weighted by molar-refractivity contribution is 5.67. The van der Waals surface area contributed by atoms with Crippen LogP contribution >= 0.6 is 0 Å². The predicted octanol–water partition coefficient (Wildman–Crippen LogP) is 3.18. The van der Waals surface area contributed by atoms with Crippen molar-refractivity contribution in [1.29, 1.82) is 0 Å². The summed E-state index contributed by atoms with van der Waals surface area (Å²) in [6.45, 7) is 2.83. The number of hydroxylamine groups is 1. The maximum absolute atomic E-state index is 13.7. The average molecular weight is 384 g/mol. The van der Waals surface area contributed by atoms with Crippen molar-refractivity contribution in [3.05, 3.63) is 71.0 Å². The van der Waals surface area contributed by atoms with Crippen LogP contribution in [0.4, 0.5) is 13.2 Å². The van der Waals surface area contributed by atoms with Gasteiger partial charge in [0.15, 0.2) is 11.6 Å². The first kappa shape index (κ1) is 22.6. The van der Waals surface area contributed by atoms with Crippen molar-refractivity contribution < 1.29 is 27.9 Å². The van der Waals surface area contributed by atoms with Gasteiger partial charge in [0, 0.05) is 12.1 Å². The molecular weight excluding hydrogens is 361 g/mol. The van der Waals surface area contributed by atoms with E-state index in [1.165, 1.54) is 0 Å².